The van der Waals surface area contributed by atoms with Crippen molar-refractivity contribution >= 4 is 5.84 Å². The summed E-state index contributed by atoms with van der Waals surface area (Å²) < 4.78 is 6.92. The first-order chi connectivity index (χ1) is 5.81. The van der Waals surface area contributed by atoms with Crippen LogP contribution in [0.5, 0.6) is 0 Å². The van der Waals surface area contributed by atoms with Gasteiger partial charge in [-0.1, -0.05) is 26.7 Å². The summed E-state index contributed by atoms with van der Waals surface area (Å²) in [6.07, 6.45) is 5.16. The van der Waals surface area contributed by atoms with Crippen molar-refractivity contribution in [2.24, 2.45) is 10.7 Å². The van der Waals surface area contributed by atoms with E-state index in [1.807, 2.05) is 0 Å². The van der Waals surface area contributed by atoms with E-state index in [4.69, 9.17) is 7.10 Å². The Hall–Kier alpha value is -0.530. The van der Waals surface area contributed by atoms with Crippen LogP contribution in [0, 0.1) is 0 Å². The van der Waals surface area contributed by atoms with Crippen LogP contribution in [0.25, 0.3) is 0 Å². The first kappa shape index (κ1) is 8.57. The molecule has 0 heterocycles. The highest BCUT2D eigenvalue weighted by atomic mass is 14.8. The first-order valence-corrected chi connectivity index (χ1v) is 4.39. The maximum absolute atomic E-state index is 6.92. The number of nitrogens with two attached hydrogens (primary N) is 1. The Morgan fingerprint density at radius 2 is 2.27 bits per heavy atom. The first-order valence-electron chi connectivity index (χ1n) is 5.10. The molecule has 0 saturated heterocycles. The molecule has 66 valence electrons. The number of hydrogen-bond donors (Lipinski definition) is 1. The van der Waals surface area contributed by atoms with E-state index in [0.29, 0.717) is 6.90 Å². The van der Waals surface area contributed by atoms with Gasteiger partial charge in [0.1, 0.15) is 0 Å². The molecule has 0 amide bonds. The molecule has 0 bridgehead atoms. The number of aliphatic imine (C=N–C) groups is 1. The van der Waals surface area contributed by atoms with Crippen molar-refractivity contribution in [1.82, 2.24) is 0 Å². The van der Waals surface area contributed by atoms with Crippen molar-refractivity contribution < 1.29 is 1.37 Å². The highest BCUT2D eigenvalue weighted by molar-refractivity contribution is 5.80. The van der Waals surface area contributed by atoms with E-state index >= 15 is 0 Å². The number of unbranched alkanes of at least 4 members (excludes halogenated alkanes) is 2. The normalized spacial score (nSPS) is 13.2. The van der Waals surface area contributed by atoms with Gasteiger partial charge in [-0.3, -0.25) is 4.99 Å². The lowest BCUT2D eigenvalue weighted by atomic mass is 10.2. The Labute approximate surface area is 71.3 Å². The molecule has 0 aromatic rings. The van der Waals surface area contributed by atoms with E-state index in [9.17, 15) is 0 Å². The van der Waals surface area contributed by atoms with E-state index in [-0.39, 0.29) is 0 Å². The predicted octanol–water partition coefficient (Wildman–Crippen LogP) is 2.33. The smallest absolute Gasteiger partial charge is 0.0937 e. The summed E-state index contributed by atoms with van der Waals surface area (Å²) in [5.74, 6) is 0.779. The molecule has 2 heteroatoms. The summed E-state index contributed by atoms with van der Waals surface area (Å²) in [5.41, 5.74) is 5.65. The Balaban J connectivity index is 3.28. The summed E-state index contributed by atoms with van der Waals surface area (Å²) in [6.45, 7) is 3.45. The molecule has 0 atom stereocenters. The van der Waals surface area contributed by atoms with Gasteiger partial charge in [0.05, 0.1) is 5.84 Å². The third kappa shape index (κ3) is 7.37. The van der Waals surface area contributed by atoms with Gasteiger partial charge in [0, 0.05) is 14.3 Å². The summed E-state index contributed by atoms with van der Waals surface area (Å²) in [5, 5.41) is 0. The summed E-state index contributed by atoms with van der Waals surface area (Å²) >= 11 is 0. The maximum atomic E-state index is 6.92. The third-order valence-electron chi connectivity index (χ3n) is 1.51. The van der Waals surface area contributed by atoms with Gasteiger partial charge in [0.2, 0.25) is 0 Å². The Morgan fingerprint density at radius 1 is 1.45 bits per heavy atom. The number of rotatable bonds is 6. The van der Waals surface area contributed by atoms with Gasteiger partial charge in [-0.15, -0.1) is 0 Å². The predicted molar refractivity (Wildman–Crippen MR) is 50.9 cm³/mol. The van der Waals surface area contributed by atoms with Crippen molar-refractivity contribution in [3.63, 3.8) is 0 Å². The van der Waals surface area contributed by atoms with Crippen molar-refractivity contribution in [2.45, 2.75) is 45.9 Å². The van der Waals surface area contributed by atoms with Gasteiger partial charge in [-0.05, 0) is 12.8 Å². The highest BCUT2D eigenvalue weighted by Gasteiger charge is 1.89. The summed E-state index contributed by atoms with van der Waals surface area (Å²) in [4.78, 5) is 4.21. The van der Waals surface area contributed by atoms with Crippen LogP contribution in [0.3, 0.4) is 0 Å². The molecule has 11 heavy (non-hydrogen) atoms. The molecule has 0 aliphatic heterocycles. The van der Waals surface area contributed by atoms with Crippen LogP contribution in [0.4, 0.5) is 0 Å². The molecular formula is C9H20N2. The van der Waals surface area contributed by atoms with Crippen LogP contribution in [0.15, 0.2) is 4.99 Å². The molecule has 0 fully saturated rings. The minimum Gasteiger partial charge on any atom is -0.387 e. The van der Waals surface area contributed by atoms with Crippen LogP contribution < -0.4 is 5.73 Å². The minimum absolute atomic E-state index is 0.504. The molecule has 0 spiro atoms. The number of amidine groups is 1. The van der Waals surface area contributed by atoms with Gasteiger partial charge < -0.3 is 5.73 Å². The SMILES string of the molecule is [3H]CCCCN=C(N)CCCC. The Morgan fingerprint density at radius 3 is 2.91 bits per heavy atom. The van der Waals surface area contributed by atoms with Crippen molar-refractivity contribution in [1.29, 1.82) is 0 Å². The molecule has 0 aliphatic rings. The molecular weight excluding hydrogens is 136 g/mol. The molecule has 0 saturated carbocycles. The third-order valence-corrected chi connectivity index (χ3v) is 1.51. The molecule has 0 aliphatic carbocycles. The van der Waals surface area contributed by atoms with Gasteiger partial charge in [0.25, 0.3) is 0 Å². The van der Waals surface area contributed by atoms with Gasteiger partial charge >= 0.3 is 0 Å². The standard InChI is InChI=1S/C9H20N2/c1-3-5-7-9(10)11-8-6-4-2/h3-8H2,1-2H3,(H2,10,11)/i2T. The molecule has 0 unspecified atom stereocenters. The van der Waals surface area contributed by atoms with Gasteiger partial charge in [-0.25, -0.2) is 0 Å². The maximum Gasteiger partial charge on any atom is 0.0937 e. The van der Waals surface area contributed by atoms with E-state index in [0.717, 1.165) is 38.1 Å². The minimum atomic E-state index is 0.504. The number of hydrogen-bond acceptors (Lipinski definition) is 1. The highest BCUT2D eigenvalue weighted by Crippen LogP contribution is 1.94. The second-order valence-corrected chi connectivity index (χ2v) is 2.68. The fourth-order valence-electron chi connectivity index (χ4n) is 0.771. The zero-order chi connectivity index (χ0) is 9.23. The van der Waals surface area contributed by atoms with Crippen LogP contribution in [-0.2, 0) is 0 Å². The van der Waals surface area contributed by atoms with Crippen LogP contribution in [-0.4, -0.2) is 12.4 Å². The molecule has 0 aromatic heterocycles. The second-order valence-electron chi connectivity index (χ2n) is 2.68. The topological polar surface area (TPSA) is 38.4 Å². The van der Waals surface area contributed by atoms with Crippen molar-refractivity contribution in [3.8, 4) is 0 Å². The van der Waals surface area contributed by atoms with Gasteiger partial charge in [0.15, 0.2) is 0 Å². The van der Waals surface area contributed by atoms with E-state index in [1.165, 1.54) is 6.42 Å². The van der Waals surface area contributed by atoms with E-state index in [1.54, 1.807) is 0 Å². The molecule has 0 radical (unpaired) electrons. The van der Waals surface area contributed by atoms with Crippen LogP contribution in [0.2, 0.25) is 0 Å². The fraction of sp³-hybridized carbons (Fsp3) is 0.889. The second kappa shape index (κ2) is 7.58. The van der Waals surface area contributed by atoms with E-state index < -0.39 is 0 Å². The van der Waals surface area contributed by atoms with Crippen LogP contribution >= 0.6 is 0 Å². The summed E-state index contributed by atoms with van der Waals surface area (Å²) in [7, 11) is 0. The van der Waals surface area contributed by atoms with Crippen LogP contribution in [0.1, 0.15) is 47.3 Å². The van der Waals surface area contributed by atoms with Crippen molar-refractivity contribution in [2.75, 3.05) is 6.54 Å². The Bertz CT molecular complexity index is 124. The lowest BCUT2D eigenvalue weighted by Crippen LogP contribution is -2.11. The molecule has 0 aromatic carbocycles. The average Bonchev–Trinajstić information content (AvgIpc) is 2.09. The molecule has 2 N–H and O–H groups in total. The van der Waals surface area contributed by atoms with Crippen molar-refractivity contribution in [3.05, 3.63) is 0 Å². The monoisotopic (exact) mass is 158 g/mol. The average molecular weight is 158 g/mol. The van der Waals surface area contributed by atoms with E-state index in [2.05, 4.69) is 11.9 Å². The molecule has 0 rings (SSSR count). The Kier molecular flexibility index (Phi) is 5.90. The lowest BCUT2D eigenvalue weighted by Gasteiger charge is -1.97. The fourth-order valence-corrected chi connectivity index (χ4v) is 0.771. The summed E-state index contributed by atoms with van der Waals surface area (Å²) in [6, 6.07) is 0. The van der Waals surface area contributed by atoms with Gasteiger partial charge in [-0.2, -0.15) is 0 Å². The largest absolute Gasteiger partial charge is 0.387 e. The quantitative estimate of drug-likeness (QED) is 0.359. The lowest BCUT2D eigenvalue weighted by molar-refractivity contribution is 0.790. The zero-order valence-corrected chi connectivity index (χ0v) is 7.47. The number of nitrogens with zero attached hydrogens (tertiary/aromatic N) is 1. The zero-order valence-electron chi connectivity index (χ0n) is 8.47. The molecule has 2 nitrogen and oxygen atoms in total.